The third-order valence-corrected chi connectivity index (χ3v) is 7.89. The molecule has 230 valence electrons. The Morgan fingerprint density at radius 1 is 0.977 bits per heavy atom. The van der Waals surface area contributed by atoms with Gasteiger partial charge in [-0.1, -0.05) is 36.4 Å². The molecule has 0 radical (unpaired) electrons. The maximum Gasteiger partial charge on any atom is 0.453 e. The molecule has 13 heteroatoms. The number of esters is 1. The first kappa shape index (κ1) is 29.5. The average molecular weight is 618 g/mol. The summed E-state index contributed by atoms with van der Waals surface area (Å²) >= 11 is 0. The number of rotatable bonds is 6. The number of aryl methyl sites for hydroxylation is 1. The van der Waals surface area contributed by atoms with Crippen molar-refractivity contribution in [1.82, 2.24) is 14.8 Å². The van der Waals surface area contributed by atoms with Crippen molar-refractivity contribution < 1.29 is 45.3 Å². The summed E-state index contributed by atoms with van der Waals surface area (Å²) in [6, 6.07) is 13.5. The molecule has 2 atom stereocenters. The van der Waals surface area contributed by atoms with E-state index in [4.69, 9.17) is 14.2 Å². The molecule has 0 saturated carbocycles. The zero-order valence-electron chi connectivity index (χ0n) is 23.4. The summed E-state index contributed by atoms with van der Waals surface area (Å²) in [6.07, 6.45) is -8.97. The van der Waals surface area contributed by atoms with Gasteiger partial charge >= 0.3 is 18.3 Å². The van der Waals surface area contributed by atoms with Gasteiger partial charge in [-0.05, 0) is 47.2 Å². The Labute approximate surface area is 247 Å². The van der Waals surface area contributed by atoms with E-state index < -0.39 is 29.8 Å². The van der Waals surface area contributed by atoms with Crippen LogP contribution in [0.1, 0.15) is 52.9 Å². The van der Waals surface area contributed by atoms with Gasteiger partial charge in [0, 0.05) is 30.2 Å². The van der Waals surface area contributed by atoms with Crippen molar-refractivity contribution >= 4 is 5.97 Å². The molecule has 1 aliphatic heterocycles. The summed E-state index contributed by atoms with van der Waals surface area (Å²) < 4.78 is 99.6. The van der Waals surface area contributed by atoms with Crippen molar-refractivity contribution in [3.63, 3.8) is 0 Å². The molecule has 0 fully saturated rings. The minimum Gasteiger partial charge on any atom is -0.492 e. The van der Waals surface area contributed by atoms with Crippen molar-refractivity contribution in [3.8, 4) is 34.0 Å². The molecule has 0 amide bonds. The van der Waals surface area contributed by atoms with E-state index in [1.165, 1.54) is 44.5 Å². The Morgan fingerprint density at radius 3 is 2.34 bits per heavy atom. The second kappa shape index (κ2) is 10.9. The van der Waals surface area contributed by atoms with E-state index in [9.17, 15) is 31.1 Å². The van der Waals surface area contributed by atoms with Crippen LogP contribution in [0.15, 0.2) is 54.6 Å². The molecule has 2 aliphatic rings. The van der Waals surface area contributed by atoms with Crippen molar-refractivity contribution in [2.45, 2.75) is 43.6 Å². The van der Waals surface area contributed by atoms with Crippen LogP contribution < -0.4 is 9.47 Å². The smallest absolute Gasteiger partial charge is 0.453 e. The van der Waals surface area contributed by atoms with Crippen LogP contribution in [-0.4, -0.2) is 34.5 Å². The number of hydrogen-bond donors (Lipinski definition) is 0. The SMILES string of the molecule is COC(=O)C[C@@H]1COc2cc(O[C@@H]3CCc4c3ccc(C(F)(F)F)c4-c3ccc(-c4nc(C(F)(F)F)nn4C)cc3)ccc21. The second-order valence-corrected chi connectivity index (χ2v) is 10.6. The average Bonchev–Trinajstić information content (AvgIpc) is 3.69. The highest BCUT2D eigenvalue weighted by atomic mass is 19.4. The minimum absolute atomic E-state index is 0.00420. The normalized spacial score (nSPS) is 17.6. The molecular weight excluding hydrogens is 592 g/mol. The number of carbonyl (C=O) groups excluding carboxylic acids is 1. The lowest BCUT2D eigenvalue weighted by Gasteiger charge is -2.20. The van der Waals surface area contributed by atoms with E-state index in [1.807, 2.05) is 6.07 Å². The van der Waals surface area contributed by atoms with Crippen LogP contribution in [0.5, 0.6) is 11.5 Å². The number of nitrogens with zero attached hydrogens (tertiary/aromatic N) is 3. The number of ether oxygens (including phenoxy) is 3. The van der Waals surface area contributed by atoms with Crippen LogP contribution in [0.2, 0.25) is 0 Å². The number of benzene rings is 3. The van der Waals surface area contributed by atoms with E-state index in [0.717, 1.165) is 16.3 Å². The van der Waals surface area contributed by atoms with Crippen molar-refractivity contribution in [3.05, 3.63) is 82.7 Å². The first-order chi connectivity index (χ1) is 20.8. The van der Waals surface area contributed by atoms with E-state index in [-0.39, 0.29) is 40.8 Å². The molecule has 0 bridgehead atoms. The summed E-state index contributed by atoms with van der Waals surface area (Å²) in [5.41, 5.74) is 1.69. The highest BCUT2D eigenvalue weighted by molar-refractivity contribution is 5.76. The molecule has 7 nitrogen and oxygen atoms in total. The molecule has 6 rings (SSSR count). The van der Waals surface area contributed by atoms with Gasteiger partial charge in [0.1, 0.15) is 17.6 Å². The lowest BCUT2D eigenvalue weighted by Crippen LogP contribution is -2.10. The molecule has 2 heterocycles. The Morgan fingerprint density at radius 2 is 1.68 bits per heavy atom. The molecule has 3 aromatic carbocycles. The lowest BCUT2D eigenvalue weighted by molar-refractivity contribution is -0.145. The van der Waals surface area contributed by atoms with E-state index in [0.29, 0.717) is 42.1 Å². The number of alkyl halides is 6. The fraction of sp³-hybridized carbons (Fsp3) is 0.323. The Balaban J connectivity index is 1.30. The number of hydrogen-bond acceptors (Lipinski definition) is 6. The lowest BCUT2D eigenvalue weighted by atomic mass is 9.91. The van der Waals surface area contributed by atoms with Gasteiger partial charge < -0.3 is 14.2 Å². The number of fused-ring (bicyclic) bond motifs is 2. The van der Waals surface area contributed by atoms with Gasteiger partial charge in [-0.15, -0.1) is 5.10 Å². The van der Waals surface area contributed by atoms with Crippen LogP contribution in [0.3, 0.4) is 0 Å². The zero-order valence-corrected chi connectivity index (χ0v) is 23.4. The molecule has 1 aliphatic carbocycles. The second-order valence-electron chi connectivity index (χ2n) is 10.6. The van der Waals surface area contributed by atoms with Gasteiger partial charge in [-0.2, -0.15) is 26.3 Å². The van der Waals surface area contributed by atoms with Gasteiger partial charge in [0.05, 0.1) is 25.7 Å². The van der Waals surface area contributed by atoms with Crippen molar-refractivity contribution in [2.24, 2.45) is 7.05 Å². The van der Waals surface area contributed by atoms with Crippen LogP contribution in [0.25, 0.3) is 22.5 Å². The molecule has 0 unspecified atom stereocenters. The molecule has 0 saturated heterocycles. The number of aromatic nitrogens is 3. The van der Waals surface area contributed by atoms with Gasteiger partial charge in [0.25, 0.3) is 5.82 Å². The first-order valence-electron chi connectivity index (χ1n) is 13.7. The highest BCUT2D eigenvalue weighted by Crippen LogP contribution is 2.47. The maximum absolute atomic E-state index is 14.2. The molecule has 1 aromatic heterocycles. The fourth-order valence-corrected chi connectivity index (χ4v) is 5.84. The zero-order chi connectivity index (χ0) is 31.4. The summed E-state index contributed by atoms with van der Waals surface area (Å²) in [7, 11) is 2.63. The topological polar surface area (TPSA) is 75.5 Å². The molecule has 0 spiro atoms. The highest BCUT2D eigenvalue weighted by Gasteiger charge is 2.39. The molecule has 44 heavy (non-hydrogen) atoms. The van der Waals surface area contributed by atoms with E-state index in [2.05, 4.69) is 10.1 Å². The minimum atomic E-state index is -4.74. The van der Waals surface area contributed by atoms with Gasteiger partial charge in [-0.3, -0.25) is 4.79 Å². The van der Waals surface area contributed by atoms with Crippen LogP contribution >= 0.6 is 0 Å². The summed E-state index contributed by atoms with van der Waals surface area (Å²) in [4.78, 5) is 15.3. The molecular formula is C31H25F6N3O4. The maximum atomic E-state index is 14.2. The monoisotopic (exact) mass is 617 g/mol. The number of methoxy groups -OCH3 is 1. The Kier molecular flexibility index (Phi) is 7.29. The molecule has 4 aromatic rings. The van der Waals surface area contributed by atoms with Gasteiger partial charge in [0.2, 0.25) is 0 Å². The summed E-state index contributed by atoms with van der Waals surface area (Å²) in [5.74, 6) is -0.805. The van der Waals surface area contributed by atoms with Gasteiger partial charge in [-0.25, -0.2) is 9.67 Å². The van der Waals surface area contributed by atoms with Gasteiger partial charge in [0.15, 0.2) is 5.82 Å². The quantitative estimate of drug-likeness (QED) is 0.167. The number of carbonyl (C=O) groups is 1. The fourth-order valence-electron chi connectivity index (χ4n) is 5.84. The third kappa shape index (κ3) is 5.46. The summed E-state index contributed by atoms with van der Waals surface area (Å²) in [6.45, 7) is 0.322. The number of halogens is 6. The Bertz CT molecular complexity index is 1730. The van der Waals surface area contributed by atoms with E-state index >= 15 is 0 Å². The van der Waals surface area contributed by atoms with E-state index in [1.54, 1.807) is 12.1 Å². The standard InChI is InChI=1S/C31H25F6N3O4/c1-40-28(38-29(39-40)31(35,36)37)17-5-3-16(4-6-17)27-22-10-12-24(21(22)9-11-23(27)30(32,33)34)44-19-7-8-20-18(13-26(41)42-2)15-43-25(20)14-19/h3-9,11,14,18,24H,10,12-13,15H2,1-2H3/t18-,24-/m1/s1. The first-order valence-corrected chi connectivity index (χ1v) is 13.7. The predicted molar refractivity (Wildman–Crippen MR) is 145 cm³/mol. The van der Waals surface area contributed by atoms with Crippen molar-refractivity contribution in [1.29, 1.82) is 0 Å². The molecule has 0 N–H and O–H groups in total. The third-order valence-electron chi connectivity index (χ3n) is 7.89. The summed E-state index contributed by atoms with van der Waals surface area (Å²) in [5, 5.41) is 3.40. The van der Waals surface area contributed by atoms with Crippen molar-refractivity contribution in [2.75, 3.05) is 13.7 Å². The van der Waals surface area contributed by atoms with Crippen LogP contribution in [0.4, 0.5) is 26.3 Å². The predicted octanol–water partition coefficient (Wildman–Crippen LogP) is 7.29. The largest absolute Gasteiger partial charge is 0.492 e. The van der Waals surface area contributed by atoms with Crippen LogP contribution in [0, 0.1) is 0 Å². The van der Waals surface area contributed by atoms with Crippen LogP contribution in [-0.2, 0) is 35.4 Å². The Hall–Kier alpha value is -4.55.